The maximum absolute atomic E-state index is 12.5. The van der Waals surface area contributed by atoms with E-state index in [0.29, 0.717) is 6.61 Å². The first-order chi connectivity index (χ1) is 11.4. The van der Waals surface area contributed by atoms with E-state index >= 15 is 0 Å². The third-order valence-electron chi connectivity index (χ3n) is 4.16. The molecule has 1 aromatic rings. The van der Waals surface area contributed by atoms with Crippen LogP contribution in [-0.4, -0.2) is 58.4 Å². The summed E-state index contributed by atoms with van der Waals surface area (Å²) in [4.78, 5) is 14.5. The summed E-state index contributed by atoms with van der Waals surface area (Å²) >= 11 is 0. The quantitative estimate of drug-likeness (QED) is 0.663. The molecule has 0 aliphatic rings. The van der Waals surface area contributed by atoms with Crippen molar-refractivity contribution in [3.63, 3.8) is 0 Å². The zero-order chi connectivity index (χ0) is 18.1. The molecule has 136 valence electrons. The van der Waals surface area contributed by atoms with Gasteiger partial charge in [0.25, 0.3) is 0 Å². The molecule has 0 saturated carbocycles. The Morgan fingerprint density at radius 3 is 2.50 bits per heavy atom. The van der Waals surface area contributed by atoms with Gasteiger partial charge in [-0.15, -0.1) is 0 Å². The Hall–Kier alpha value is -1.79. The summed E-state index contributed by atoms with van der Waals surface area (Å²) in [7, 11) is 6.86. The molecule has 0 spiro atoms. The Labute approximate surface area is 145 Å². The van der Waals surface area contributed by atoms with Crippen LogP contribution in [0.15, 0.2) is 18.2 Å². The van der Waals surface area contributed by atoms with Crippen molar-refractivity contribution in [3.05, 3.63) is 23.8 Å². The Bertz CT molecular complexity index is 522. The van der Waals surface area contributed by atoms with Gasteiger partial charge in [-0.3, -0.25) is 9.69 Å². The van der Waals surface area contributed by atoms with Crippen molar-refractivity contribution >= 4 is 5.91 Å². The normalized spacial score (nSPS) is 13.5. The van der Waals surface area contributed by atoms with Crippen molar-refractivity contribution in [1.82, 2.24) is 10.2 Å². The fraction of sp³-hybridized carbons (Fsp3) is 0.611. The van der Waals surface area contributed by atoms with Crippen LogP contribution in [0.25, 0.3) is 0 Å². The zero-order valence-electron chi connectivity index (χ0n) is 15.6. The molecule has 1 rings (SSSR count). The van der Waals surface area contributed by atoms with Crippen LogP contribution in [0.1, 0.15) is 31.9 Å². The van der Waals surface area contributed by atoms with Gasteiger partial charge >= 0.3 is 0 Å². The van der Waals surface area contributed by atoms with Crippen molar-refractivity contribution in [2.24, 2.45) is 0 Å². The maximum atomic E-state index is 12.5. The highest BCUT2D eigenvalue weighted by atomic mass is 16.5. The van der Waals surface area contributed by atoms with E-state index in [1.807, 2.05) is 44.0 Å². The summed E-state index contributed by atoms with van der Waals surface area (Å²) in [6.07, 6.45) is 0.893. The molecule has 1 N–H and O–H groups in total. The number of carbonyl (C=O) groups is 1. The molecule has 0 aliphatic heterocycles. The monoisotopic (exact) mass is 338 g/mol. The first-order valence-corrected chi connectivity index (χ1v) is 8.16. The Morgan fingerprint density at radius 1 is 1.21 bits per heavy atom. The lowest BCUT2D eigenvalue weighted by atomic mass is 10.1. The van der Waals surface area contributed by atoms with Crippen molar-refractivity contribution in [2.75, 3.05) is 41.5 Å². The average Bonchev–Trinajstić information content (AvgIpc) is 2.60. The molecule has 1 amide bonds. The summed E-state index contributed by atoms with van der Waals surface area (Å²) < 4.78 is 15.7. The van der Waals surface area contributed by atoms with Gasteiger partial charge in [-0.1, -0.05) is 0 Å². The lowest BCUT2D eigenvalue weighted by Crippen LogP contribution is -2.44. The van der Waals surface area contributed by atoms with Gasteiger partial charge in [-0.2, -0.15) is 0 Å². The number of nitrogens with zero attached hydrogens (tertiary/aromatic N) is 1. The number of likely N-dealkylation sites (N-methyl/N-ethyl adjacent to an activating group) is 1. The van der Waals surface area contributed by atoms with E-state index in [4.69, 9.17) is 14.2 Å². The molecule has 1 aromatic carbocycles. The van der Waals surface area contributed by atoms with Crippen molar-refractivity contribution in [2.45, 2.75) is 32.4 Å². The molecule has 0 aliphatic carbocycles. The zero-order valence-corrected chi connectivity index (χ0v) is 15.6. The van der Waals surface area contributed by atoms with E-state index in [0.717, 1.165) is 30.0 Å². The Morgan fingerprint density at radius 2 is 1.92 bits per heavy atom. The van der Waals surface area contributed by atoms with Gasteiger partial charge < -0.3 is 19.5 Å². The standard InChI is InChI=1S/C18H30N2O4/c1-13(16-12-15(23-5)8-9-17(16)24-6)19-18(21)14(2)20(3)10-7-11-22-4/h8-9,12-14H,7,10-11H2,1-6H3,(H,19,21). The van der Waals surface area contributed by atoms with Gasteiger partial charge in [0, 0.05) is 25.8 Å². The second-order valence-corrected chi connectivity index (χ2v) is 5.84. The van der Waals surface area contributed by atoms with Crippen molar-refractivity contribution < 1.29 is 19.0 Å². The third-order valence-corrected chi connectivity index (χ3v) is 4.16. The fourth-order valence-corrected chi connectivity index (χ4v) is 2.44. The second kappa shape index (κ2) is 10.2. The molecule has 0 saturated heterocycles. The van der Waals surface area contributed by atoms with Crippen LogP contribution in [0.3, 0.4) is 0 Å². The average molecular weight is 338 g/mol. The topological polar surface area (TPSA) is 60.0 Å². The Kier molecular flexibility index (Phi) is 8.57. The van der Waals surface area contributed by atoms with Crippen molar-refractivity contribution in [3.8, 4) is 11.5 Å². The molecule has 2 unspecified atom stereocenters. The highest BCUT2D eigenvalue weighted by molar-refractivity contribution is 5.81. The number of hydrogen-bond donors (Lipinski definition) is 1. The van der Waals surface area contributed by atoms with Crippen LogP contribution in [-0.2, 0) is 9.53 Å². The highest BCUT2D eigenvalue weighted by Crippen LogP contribution is 2.29. The summed E-state index contributed by atoms with van der Waals surface area (Å²) in [5.74, 6) is 1.44. The van der Waals surface area contributed by atoms with Crippen LogP contribution < -0.4 is 14.8 Å². The van der Waals surface area contributed by atoms with E-state index in [2.05, 4.69) is 5.32 Å². The van der Waals surface area contributed by atoms with Gasteiger partial charge in [-0.25, -0.2) is 0 Å². The lowest BCUT2D eigenvalue weighted by Gasteiger charge is -2.26. The van der Waals surface area contributed by atoms with Gasteiger partial charge in [0.2, 0.25) is 5.91 Å². The molecule has 2 atom stereocenters. The summed E-state index contributed by atoms with van der Waals surface area (Å²) in [6.45, 7) is 5.33. The van der Waals surface area contributed by atoms with Crippen LogP contribution in [0.2, 0.25) is 0 Å². The molecule has 0 heterocycles. The van der Waals surface area contributed by atoms with E-state index < -0.39 is 0 Å². The van der Waals surface area contributed by atoms with E-state index in [1.165, 1.54) is 0 Å². The molecule has 6 nitrogen and oxygen atoms in total. The number of hydrogen-bond acceptors (Lipinski definition) is 5. The molecule has 6 heteroatoms. The molecule has 0 aromatic heterocycles. The van der Waals surface area contributed by atoms with Crippen LogP contribution in [0.5, 0.6) is 11.5 Å². The number of methoxy groups -OCH3 is 3. The minimum absolute atomic E-state index is 0.0210. The predicted molar refractivity (Wildman–Crippen MR) is 94.7 cm³/mol. The number of nitrogens with one attached hydrogen (secondary N) is 1. The number of ether oxygens (including phenoxy) is 3. The first-order valence-electron chi connectivity index (χ1n) is 8.16. The Balaban J connectivity index is 2.72. The number of rotatable bonds is 10. The summed E-state index contributed by atoms with van der Waals surface area (Å²) in [5.41, 5.74) is 0.888. The van der Waals surface area contributed by atoms with Gasteiger partial charge in [-0.05, 0) is 45.5 Å². The molecule has 0 bridgehead atoms. The van der Waals surface area contributed by atoms with Crippen LogP contribution in [0, 0.1) is 0 Å². The predicted octanol–water partition coefficient (Wildman–Crippen LogP) is 2.24. The molecular formula is C18H30N2O4. The van der Waals surface area contributed by atoms with E-state index in [9.17, 15) is 4.79 Å². The molecule has 0 fully saturated rings. The first kappa shape index (κ1) is 20.3. The molecular weight excluding hydrogens is 308 g/mol. The van der Waals surface area contributed by atoms with Gasteiger partial charge in [0.15, 0.2) is 0 Å². The van der Waals surface area contributed by atoms with Gasteiger partial charge in [0.1, 0.15) is 11.5 Å². The number of carbonyl (C=O) groups excluding carboxylic acids is 1. The van der Waals surface area contributed by atoms with E-state index in [1.54, 1.807) is 21.3 Å². The largest absolute Gasteiger partial charge is 0.497 e. The minimum atomic E-state index is -0.221. The van der Waals surface area contributed by atoms with E-state index in [-0.39, 0.29) is 18.0 Å². The smallest absolute Gasteiger partial charge is 0.237 e. The SMILES string of the molecule is COCCCN(C)C(C)C(=O)NC(C)c1cc(OC)ccc1OC. The number of amides is 1. The molecule has 24 heavy (non-hydrogen) atoms. The van der Waals surface area contributed by atoms with Crippen LogP contribution >= 0.6 is 0 Å². The molecule has 0 radical (unpaired) electrons. The number of benzene rings is 1. The fourth-order valence-electron chi connectivity index (χ4n) is 2.44. The maximum Gasteiger partial charge on any atom is 0.237 e. The van der Waals surface area contributed by atoms with Gasteiger partial charge in [0.05, 0.1) is 26.3 Å². The highest BCUT2D eigenvalue weighted by Gasteiger charge is 2.21. The third kappa shape index (κ3) is 5.69. The van der Waals surface area contributed by atoms with Crippen LogP contribution in [0.4, 0.5) is 0 Å². The minimum Gasteiger partial charge on any atom is -0.497 e. The second-order valence-electron chi connectivity index (χ2n) is 5.84. The lowest BCUT2D eigenvalue weighted by molar-refractivity contribution is -0.126. The summed E-state index contributed by atoms with van der Waals surface area (Å²) in [6, 6.07) is 5.16. The van der Waals surface area contributed by atoms with Crippen molar-refractivity contribution in [1.29, 1.82) is 0 Å². The summed E-state index contributed by atoms with van der Waals surface area (Å²) in [5, 5.41) is 3.05.